The number of morpholine rings is 1. The first-order valence-corrected chi connectivity index (χ1v) is 12.5. The monoisotopic (exact) mass is 454 g/mol. The number of aliphatic imine (C=N–C) groups is 1. The van der Waals surface area contributed by atoms with Crippen LogP contribution in [-0.4, -0.2) is 72.6 Å². The Balaban J connectivity index is 1.35. The van der Waals surface area contributed by atoms with Crippen molar-refractivity contribution < 1.29 is 9.84 Å². The molecule has 32 heavy (non-hydrogen) atoms. The fourth-order valence-corrected chi connectivity index (χ4v) is 5.71. The number of hydrogen-bond donors (Lipinski definition) is 4. The van der Waals surface area contributed by atoms with Crippen LogP contribution in [0.1, 0.15) is 42.2 Å². The van der Waals surface area contributed by atoms with Gasteiger partial charge in [0.25, 0.3) is 0 Å². The number of aliphatic hydroxyl groups excluding tert-OH is 1. The van der Waals surface area contributed by atoms with Crippen LogP contribution in [0.5, 0.6) is 0 Å². The lowest BCUT2D eigenvalue weighted by atomic mass is 10.1. The summed E-state index contributed by atoms with van der Waals surface area (Å²) in [6.07, 6.45) is 3.82. The zero-order chi connectivity index (χ0) is 21.5. The summed E-state index contributed by atoms with van der Waals surface area (Å²) in [7, 11) is 0. The first-order valence-electron chi connectivity index (χ1n) is 11.7. The minimum absolute atomic E-state index is 0.299. The van der Waals surface area contributed by atoms with Crippen LogP contribution in [-0.2, 0) is 4.74 Å². The van der Waals surface area contributed by atoms with Crippen LogP contribution in [0.4, 0.5) is 0 Å². The number of piperidine rings is 1. The van der Waals surface area contributed by atoms with E-state index in [2.05, 4.69) is 44.0 Å². The molecule has 1 aromatic heterocycles. The number of aliphatic hydroxyl groups is 1. The number of benzene rings is 1. The van der Waals surface area contributed by atoms with Crippen molar-refractivity contribution in [2.45, 2.75) is 43.9 Å². The summed E-state index contributed by atoms with van der Waals surface area (Å²) in [4.78, 5) is 11.7. The summed E-state index contributed by atoms with van der Waals surface area (Å²) in [6.45, 7) is 4.83. The highest BCUT2D eigenvalue weighted by molar-refractivity contribution is 7.19. The fourth-order valence-electron chi connectivity index (χ4n) is 4.70. The third-order valence-electron chi connectivity index (χ3n) is 6.66. The van der Waals surface area contributed by atoms with Crippen molar-refractivity contribution in [2.75, 3.05) is 39.4 Å². The van der Waals surface area contributed by atoms with Crippen LogP contribution in [0.2, 0.25) is 0 Å². The van der Waals surface area contributed by atoms with Crippen LogP contribution < -0.4 is 16.0 Å². The van der Waals surface area contributed by atoms with E-state index in [1.165, 1.54) is 18.4 Å². The molecule has 4 aliphatic rings. The van der Waals surface area contributed by atoms with Crippen LogP contribution in [0.25, 0.3) is 15.8 Å². The molecule has 1 aromatic carbocycles. The average molecular weight is 455 g/mol. The van der Waals surface area contributed by atoms with Gasteiger partial charge in [-0.2, -0.15) is 0 Å². The Morgan fingerprint density at radius 1 is 1.19 bits per heavy atom. The summed E-state index contributed by atoms with van der Waals surface area (Å²) in [5.74, 6) is 2.22. The summed E-state index contributed by atoms with van der Waals surface area (Å²) in [6, 6.07) is 6.92. The summed E-state index contributed by atoms with van der Waals surface area (Å²) < 4.78 is 6.63. The Kier molecular flexibility index (Phi) is 5.50. The second-order valence-electron chi connectivity index (χ2n) is 9.05. The molecule has 2 aromatic rings. The predicted molar refractivity (Wildman–Crippen MR) is 127 cm³/mol. The second kappa shape index (κ2) is 8.62. The third kappa shape index (κ3) is 4.10. The number of nitrogens with zero attached hydrogens (tertiary/aromatic N) is 3. The lowest BCUT2D eigenvalue weighted by molar-refractivity contribution is 0.0657. The molecule has 3 fully saturated rings. The first kappa shape index (κ1) is 20.4. The Hall–Kier alpha value is -2.20. The van der Waals surface area contributed by atoms with E-state index >= 15 is 0 Å². The van der Waals surface area contributed by atoms with Gasteiger partial charge in [-0.3, -0.25) is 0 Å². The van der Waals surface area contributed by atoms with Crippen LogP contribution in [0, 0.1) is 0 Å². The van der Waals surface area contributed by atoms with E-state index in [4.69, 9.17) is 9.72 Å². The molecule has 0 amide bonds. The lowest BCUT2D eigenvalue weighted by Gasteiger charge is -2.36. The molecule has 2 unspecified atom stereocenters. The number of ether oxygens (including phenoxy) is 1. The SMILES string of the molecule is OC1N=C(N2CCOCC2)NC(NC2CCCNC2)=C1c1nc2cc(C3CC3)ccc2s1. The molecule has 2 atom stereocenters. The number of nitrogens with one attached hydrogen (secondary N) is 3. The largest absolute Gasteiger partial charge is 0.378 e. The van der Waals surface area contributed by atoms with Gasteiger partial charge in [0.05, 0.1) is 29.0 Å². The normalized spacial score (nSPS) is 26.8. The van der Waals surface area contributed by atoms with Crippen molar-refractivity contribution >= 4 is 33.1 Å². The third-order valence-corrected chi connectivity index (χ3v) is 7.73. The van der Waals surface area contributed by atoms with Gasteiger partial charge in [0.2, 0.25) is 5.96 Å². The van der Waals surface area contributed by atoms with Crippen molar-refractivity contribution in [2.24, 2.45) is 4.99 Å². The topological polar surface area (TPSA) is 94.0 Å². The van der Waals surface area contributed by atoms with Gasteiger partial charge in [0.1, 0.15) is 10.8 Å². The van der Waals surface area contributed by atoms with E-state index in [9.17, 15) is 5.11 Å². The Bertz CT molecular complexity index is 1050. The van der Waals surface area contributed by atoms with Crippen molar-refractivity contribution in [1.82, 2.24) is 25.8 Å². The van der Waals surface area contributed by atoms with Crippen LogP contribution in [0.3, 0.4) is 0 Å². The number of guanidine groups is 1. The fraction of sp³-hybridized carbons (Fsp3) is 0.565. The van der Waals surface area contributed by atoms with Gasteiger partial charge in [-0.1, -0.05) is 6.07 Å². The molecule has 0 spiro atoms. The Labute approximate surface area is 191 Å². The van der Waals surface area contributed by atoms with Gasteiger partial charge in [-0.15, -0.1) is 11.3 Å². The maximum absolute atomic E-state index is 11.2. The molecule has 0 bridgehead atoms. The molecule has 4 heterocycles. The smallest absolute Gasteiger partial charge is 0.202 e. The molecule has 170 valence electrons. The predicted octanol–water partition coefficient (Wildman–Crippen LogP) is 1.79. The van der Waals surface area contributed by atoms with Crippen molar-refractivity contribution in [3.05, 3.63) is 34.6 Å². The van der Waals surface area contributed by atoms with Crippen molar-refractivity contribution in [3.63, 3.8) is 0 Å². The van der Waals surface area contributed by atoms with E-state index in [1.807, 2.05) is 0 Å². The number of rotatable bonds is 4. The Morgan fingerprint density at radius 3 is 2.84 bits per heavy atom. The summed E-state index contributed by atoms with van der Waals surface area (Å²) in [5.41, 5.74) is 3.13. The van der Waals surface area contributed by atoms with E-state index in [0.29, 0.717) is 31.1 Å². The molecule has 1 saturated carbocycles. The molecular formula is C23H30N6O2S. The van der Waals surface area contributed by atoms with E-state index < -0.39 is 6.23 Å². The number of fused-ring (bicyclic) bond motifs is 1. The maximum atomic E-state index is 11.2. The number of hydrogen-bond acceptors (Lipinski definition) is 9. The van der Waals surface area contributed by atoms with Gasteiger partial charge >= 0.3 is 0 Å². The number of aromatic nitrogens is 1. The standard InChI is InChI=1S/C23H30N6O2S/c30-21-19(22-26-17-12-15(14-3-4-14)5-6-18(17)32-22)20(25-16-2-1-7-24-13-16)27-23(28-21)29-8-10-31-11-9-29/h5-6,12,14,16,21,24-25,30H,1-4,7-11,13H2,(H,27,28). The zero-order valence-electron chi connectivity index (χ0n) is 18.1. The van der Waals surface area contributed by atoms with Crippen LogP contribution >= 0.6 is 11.3 Å². The molecular weight excluding hydrogens is 424 g/mol. The molecule has 3 aliphatic heterocycles. The quantitative estimate of drug-likeness (QED) is 0.560. The van der Waals surface area contributed by atoms with E-state index in [0.717, 1.165) is 65.6 Å². The van der Waals surface area contributed by atoms with Crippen molar-refractivity contribution in [3.8, 4) is 0 Å². The highest BCUT2D eigenvalue weighted by Gasteiger charge is 2.31. The molecule has 1 aliphatic carbocycles. The van der Waals surface area contributed by atoms with Gasteiger partial charge in [0, 0.05) is 25.7 Å². The first-order chi connectivity index (χ1) is 15.7. The highest BCUT2D eigenvalue weighted by Crippen LogP contribution is 2.42. The summed E-state index contributed by atoms with van der Waals surface area (Å²) >= 11 is 1.62. The summed E-state index contributed by atoms with van der Waals surface area (Å²) in [5, 5.41) is 22.6. The molecule has 2 saturated heterocycles. The average Bonchev–Trinajstić information content (AvgIpc) is 3.59. The van der Waals surface area contributed by atoms with Gasteiger partial charge in [-0.25, -0.2) is 9.98 Å². The second-order valence-corrected chi connectivity index (χ2v) is 10.1. The highest BCUT2D eigenvalue weighted by atomic mass is 32.1. The Morgan fingerprint density at radius 2 is 2.06 bits per heavy atom. The lowest BCUT2D eigenvalue weighted by Crippen LogP contribution is -2.53. The van der Waals surface area contributed by atoms with Gasteiger partial charge in [0.15, 0.2) is 6.23 Å². The van der Waals surface area contributed by atoms with Gasteiger partial charge < -0.3 is 30.7 Å². The minimum atomic E-state index is -0.961. The molecule has 8 nitrogen and oxygen atoms in total. The van der Waals surface area contributed by atoms with E-state index in [-0.39, 0.29) is 0 Å². The molecule has 0 radical (unpaired) electrons. The van der Waals surface area contributed by atoms with Crippen LogP contribution in [0.15, 0.2) is 29.0 Å². The van der Waals surface area contributed by atoms with Gasteiger partial charge in [-0.05, 0) is 55.8 Å². The molecule has 4 N–H and O–H groups in total. The molecule has 9 heteroatoms. The molecule has 6 rings (SSSR count). The van der Waals surface area contributed by atoms with E-state index in [1.54, 1.807) is 11.3 Å². The zero-order valence-corrected chi connectivity index (χ0v) is 19.0. The maximum Gasteiger partial charge on any atom is 0.202 e. The number of thiazole rings is 1. The minimum Gasteiger partial charge on any atom is -0.378 e. The van der Waals surface area contributed by atoms with Crippen molar-refractivity contribution in [1.29, 1.82) is 0 Å².